The molecule has 0 bridgehead atoms. The molecule has 1 unspecified atom stereocenters. The van der Waals surface area contributed by atoms with Crippen LogP contribution in [-0.2, 0) is 4.84 Å². The summed E-state index contributed by atoms with van der Waals surface area (Å²) in [6.07, 6.45) is 1.49. The van der Waals surface area contributed by atoms with E-state index in [1.165, 1.54) is 5.56 Å². The normalized spacial score (nSPS) is 28.2. The molecule has 1 aliphatic heterocycles. The maximum Gasteiger partial charge on any atom is 0.0837 e. The Kier molecular flexibility index (Phi) is 3.59. The predicted octanol–water partition coefficient (Wildman–Crippen LogP) is 2.13. The van der Waals surface area contributed by atoms with Crippen LogP contribution >= 0.6 is 0 Å². The van der Waals surface area contributed by atoms with Crippen molar-refractivity contribution in [2.24, 2.45) is 0 Å². The molecule has 1 saturated heterocycles. The Bertz CT molecular complexity index is 326. The third-order valence-corrected chi connectivity index (χ3v) is 3.03. The number of hydroxylamine groups is 2. The number of benzene rings is 1. The van der Waals surface area contributed by atoms with E-state index in [1.807, 2.05) is 30.3 Å². The van der Waals surface area contributed by atoms with E-state index < -0.39 is 0 Å². The number of rotatable bonds is 3. The summed E-state index contributed by atoms with van der Waals surface area (Å²) in [6, 6.07) is 10.7. The summed E-state index contributed by atoms with van der Waals surface area (Å²) >= 11 is 0. The molecule has 0 aromatic heterocycles. The van der Waals surface area contributed by atoms with E-state index in [9.17, 15) is 5.11 Å². The molecule has 0 aliphatic carbocycles. The van der Waals surface area contributed by atoms with Crippen molar-refractivity contribution in [2.45, 2.75) is 38.0 Å². The van der Waals surface area contributed by atoms with Crippen LogP contribution in [0.1, 0.15) is 31.4 Å². The minimum absolute atomic E-state index is 0.134. The lowest BCUT2D eigenvalue weighted by atomic mass is 9.99. The fraction of sp³-hybridized carbons (Fsp3) is 0.538. The lowest BCUT2D eigenvalue weighted by molar-refractivity contribution is -0.150. The first kappa shape index (κ1) is 11.6. The molecule has 0 radical (unpaired) electrons. The Morgan fingerprint density at radius 2 is 2.12 bits per heavy atom. The van der Waals surface area contributed by atoms with Crippen molar-refractivity contribution in [1.82, 2.24) is 5.06 Å². The van der Waals surface area contributed by atoms with Crippen molar-refractivity contribution in [2.75, 3.05) is 7.05 Å². The molecule has 3 atom stereocenters. The first-order valence-electron chi connectivity index (χ1n) is 5.79. The summed E-state index contributed by atoms with van der Waals surface area (Å²) in [5, 5.41) is 11.3. The van der Waals surface area contributed by atoms with Crippen LogP contribution in [0.25, 0.3) is 0 Å². The highest BCUT2D eigenvalue weighted by Crippen LogP contribution is 2.34. The number of aliphatic hydroxyl groups excluding tert-OH is 1. The third kappa shape index (κ3) is 2.61. The molecule has 2 rings (SSSR count). The highest BCUT2D eigenvalue weighted by Gasteiger charge is 2.32. The zero-order valence-electron chi connectivity index (χ0n) is 9.84. The van der Waals surface area contributed by atoms with Crippen LogP contribution in [-0.4, -0.2) is 29.4 Å². The van der Waals surface area contributed by atoms with Gasteiger partial charge in [-0.1, -0.05) is 30.3 Å². The van der Waals surface area contributed by atoms with Gasteiger partial charge in [-0.05, 0) is 18.9 Å². The third-order valence-electron chi connectivity index (χ3n) is 3.03. The molecule has 0 saturated carbocycles. The van der Waals surface area contributed by atoms with E-state index in [2.05, 4.69) is 12.1 Å². The first-order valence-corrected chi connectivity index (χ1v) is 5.79. The molecule has 3 heteroatoms. The maximum absolute atomic E-state index is 9.36. The van der Waals surface area contributed by atoms with Crippen LogP contribution in [0.15, 0.2) is 30.3 Å². The van der Waals surface area contributed by atoms with Gasteiger partial charge >= 0.3 is 0 Å². The molecule has 1 aromatic carbocycles. The van der Waals surface area contributed by atoms with Crippen LogP contribution < -0.4 is 0 Å². The minimum atomic E-state index is -0.298. The molecule has 0 spiro atoms. The van der Waals surface area contributed by atoms with Crippen molar-refractivity contribution in [3.8, 4) is 0 Å². The number of hydrogen-bond donors (Lipinski definition) is 1. The molecule has 1 heterocycles. The molecule has 1 aliphatic rings. The van der Waals surface area contributed by atoms with Crippen LogP contribution in [0.3, 0.4) is 0 Å². The summed E-state index contributed by atoms with van der Waals surface area (Å²) in [4.78, 5) is 5.71. The Hall–Kier alpha value is -0.900. The van der Waals surface area contributed by atoms with Gasteiger partial charge in [-0.25, -0.2) is 0 Å². The summed E-state index contributed by atoms with van der Waals surface area (Å²) in [5.74, 6) is 0. The Morgan fingerprint density at radius 1 is 1.44 bits per heavy atom. The van der Waals surface area contributed by atoms with Gasteiger partial charge in [-0.3, -0.25) is 4.84 Å². The standard InChI is InChI=1S/C13H19NO2/c1-10(15)8-12-9-13(14(2)16-12)11-6-4-3-5-7-11/h3-7,10,12-13,15H,8-9H2,1-2H3/t10?,12-,13-/m0/s1. The van der Waals surface area contributed by atoms with Gasteiger partial charge in [0, 0.05) is 13.5 Å². The minimum Gasteiger partial charge on any atom is -0.393 e. The number of nitrogens with zero attached hydrogens (tertiary/aromatic N) is 1. The van der Waals surface area contributed by atoms with Gasteiger partial charge in [0.05, 0.1) is 18.2 Å². The van der Waals surface area contributed by atoms with Gasteiger partial charge in [-0.2, -0.15) is 5.06 Å². The molecule has 1 fully saturated rings. The smallest absolute Gasteiger partial charge is 0.0837 e. The molecule has 1 N–H and O–H groups in total. The van der Waals surface area contributed by atoms with Crippen molar-refractivity contribution in [3.05, 3.63) is 35.9 Å². The van der Waals surface area contributed by atoms with Crippen LogP contribution in [0.4, 0.5) is 0 Å². The predicted molar refractivity (Wildman–Crippen MR) is 62.7 cm³/mol. The van der Waals surface area contributed by atoms with Crippen molar-refractivity contribution in [3.63, 3.8) is 0 Å². The van der Waals surface area contributed by atoms with Crippen LogP contribution in [0.2, 0.25) is 0 Å². The van der Waals surface area contributed by atoms with Crippen molar-refractivity contribution in [1.29, 1.82) is 0 Å². The second-order valence-corrected chi connectivity index (χ2v) is 4.52. The summed E-state index contributed by atoms with van der Waals surface area (Å²) < 4.78 is 0. The number of hydrogen-bond acceptors (Lipinski definition) is 3. The Balaban J connectivity index is 2.03. The average molecular weight is 221 g/mol. The second-order valence-electron chi connectivity index (χ2n) is 4.52. The molecular weight excluding hydrogens is 202 g/mol. The summed E-state index contributed by atoms with van der Waals surface area (Å²) in [7, 11) is 1.96. The zero-order valence-corrected chi connectivity index (χ0v) is 9.84. The van der Waals surface area contributed by atoms with E-state index in [4.69, 9.17) is 4.84 Å². The van der Waals surface area contributed by atoms with Gasteiger partial charge in [0.15, 0.2) is 0 Å². The quantitative estimate of drug-likeness (QED) is 0.848. The fourth-order valence-electron chi connectivity index (χ4n) is 2.29. The van der Waals surface area contributed by atoms with Gasteiger partial charge < -0.3 is 5.11 Å². The zero-order chi connectivity index (χ0) is 11.5. The molecule has 0 amide bonds. The van der Waals surface area contributed by atoms with Gasteiger partial charge in [0.1, 0.15) is 0 Å². The van der Waals surface area contributed by atoms with Gasteiger partial charge in [0.25, 0.3) is 0 Å². The van der Waals surface area contributed by atoms with E-state index in [-0.39, 0.29) is 12.2 Å². The molecular formula is C13H19NO2. The molecule has 88 valence electrons. The van der Waals surface area contributed by atoms with E-state index in [1.54, 1.807) is 6.92 Å². The largest absolute Gasteiger partial charge is 0.393 e. The maximum atomic E-state index is 9.36. The molecule has 3 nitrogen and oxygen atoms in total. The van der Waals surface area contributed by atoms with E-state index >= 15 is 0 Å². The highest BCUT2D eigenvalue weighted by molar-refractivity contribution is 5.19. The lowest BCUT2D eigenvalue weighted by Crippen LogP contribution is -2.18. The molecule has 16 heavy (non-hydrogen) atoms. The Labute approximate surface area is 96.6 Å². The SMILES string of the molecule is CC(O)C[C@H]1C[C@@H](c2ccccc2)N(C)O1. The van der Waals surface area contributed by atoms with E-state index in [0.29, 0.717) is 12.5 Å². The Morgan fingerprint density at radius 3 is 2.75 bits per heavy atom. The highest BCUT2D eigenvalue weighted by atomic mass is 16.7. The van der Waals surface area contributed by atoms with Crippen molar-refractivity contribution < 1.29 is 9.94 Å². The monoisotopic (exact) mass is 221 g/mol. The molecule has 1 aromatic rings. The summed E-state index contributed by atoms with van der Waals surface area (Å²) in [5.41, 5.74) is 1.28. The second kappa shape index (κ2) is 4.95. The fourth-order valence-corrected chi connectivity index (χ4v) is 2.29. The average Bonchev–Trinajstić information content (AvgIpc) is 2.60. The van der Waals surface area contributed by atoms with Gasteiger partial charge in [0.2, 0.25) is 0 Å². The number of aliphatic hydroxyl groups is 1. The van der Waals surface area contributed by atoms with Crippen molar-refractivity contribution >= 4 is 0 Å². The van der Waals surface area contributed by atoms with Crippen LogP contribution in [0, 0.1) is 0 Å². The summed E-state index contributed by atoms with van der Waals surface area (Å²) in [6.45, 7) is 1.80. The van der Waals surface area contributed by atoms with Gasteiger partial charge in [-0.15, -0.1) is 0 Å². The topological polar surface area (TPSA) is 32.7 Å². The first-order chi connectivity index (χ1) is 7.66. The van der Waals surface area contributed by atoms with E-state index in [0.717, 1.165) is 6.42 Å². The lowest BCUT2D eigenvalue weighted by Gasteiger charge is -2.17. The van der Waals surface area contributed by atoms with Crippen LogP contribution in [0.5, 0.6) is 0 Å².